The molecule has 2 atom stereocenters. The number of piperidine rings is 1. The average molecular weight is 288 g/mol. The van der Waals surface area contributed by atoms with Gasteiger partial charge in [0.05, 0.1) is 11.8 Å². The Morgan fingerprint density at radius 3 is 2.48 bits per heavy atom. The van der Waals surface area contributed by atoms with Crippen molar-refractivity contribution in [1.29, 1.82) is 0 Å². The zero-order chi connectivity index (χ0) is 15.1. The van der Waals surface area contributed by atoms with Gasteiger partial charge in [-0.15, -0.1) is 0 Å². The van der Waals surface area contributed by atoms with Crippen molar-refractivity contribution < 1.29 is 19.5 Å². The molecule has 0 unspecified atom stereocenters. The number of Topliss-reactive ketones (excluding diaryl/α,β-unsaturated/α-hetero) is 1. The molecule has 2 heterocycles. The number of urea groups is 1. The lowest BCUT2D eigenvalue weighted by molar-refractivity contribution is -0.124. The number of ketones is 1. The normalized spacial score (nSPS) is 25.2. The molecule has 6 heteroatoms. The smallest absolute Gasteiger partial charge is 0.332 e. The molecule has 2 aliphatic rings. The number of hydrogen-bond donors (Lipinski definition) is 1. The van der Waals surface area contributed by atoms with Crippen molar-refractivity contribution in [2.24, 2.45) is 0 Å². The van der Waals surface area contributed by atoms with Gasteiger partial charge in [0.25, 0.3) is 5.91 Å². The highest BCUT2D eigenvalue weighted by Gasteiger charge is 2.50. The second-order valence-electron chi connectivity index (χ2n) is 5.41. The van der Waals surface area contributed by atoms with Crippen LogP contribution in [0.5, 0.6) is 0 Å². The third-order valence-corrected chi connectivity index (χ3v) is 4.04. The maximum absolute atomic E-state index is 12.4. The van der Waals surface area contributed by atoms with Crippen LogP contribution in [0.2, 0.25) is 0 Å². The van der Waals surface area contributed by atoms with Crippen LogP contribution in [-0.4, -0.2) is 46.4 Å². The second kappa shape index (κ2) is 4.96. The van der Waals surface area contributed by atoms with Gasteiger partial charge in [0.15, 0.2) is 5.78 Å². The SMILES string of the molecule is CC(=O)c1ccc(N2C(=O)[C@@H]3[C@H](O)CCCN3C2=O)cc1. The van der Waals surface area contributed by atoms with Crippen molar-refractivity contribution in [3.05, 3.63) is 29.8 Å². The van der Waals surface area contributed by atoms with Gasteiger partial charge in [0.2, 0.25) is 0 Å². The second-order valence-corrected chi connectivity index (χ2v) is 5.41. The summed E-state index contributed by atoms with van der Waals surface area (Å²) in [5.41, 5.74) is 0.951. The maximum atomic E-state index is 12.4. The van der Waals surface area contributed by atoms with E-state index >= 15 is 0 Å². The van der Waals surface area contributed by atoms with Crippen LogP contribution in [0.4, 0.5) is 10.5 Å². The summed E-state index contributed by atoms with van der Waals surface area (Å²) in [6, 6.07) is 5.16. The third kappa shape index (κ3) is 2.12. The van der Waals surface area contributed by atoms with Crippen LogP contribution in [-0.2, 0) is 4.79 Å². The molecule has 1 N–H and O–H groups in total. The summed E-state index contributed by atoms with van der Waals surface area (Å²) in [6.45, 7) is 1.94. The van der Waals surface area contributed by atoms with E-state index in [-0.39, 0.29) is 5.78 Å². The van der Waals surface area contributed by atoms with E-state index in [1.54, 1.807) is 24.3 Å². The van der Waals surface area contributed by atoms with E-state index in [0.717, 1.165) is 4.90 Å². The molecule has 1 aromatic carbocycles. The first-order valence-corrected chi connectivity index (χ1v) is 6.94. The highest BCUT2D eigenvalue weighted by molar-refractivity contribution is 6.21. The Bertz CT molecular complexity index is 611. The molecule has 0 radical (unpaired) electrons. The number of aliphatic hydroxyl groups excluding tert-OH is 1. The van der Waals surface area contributed by atoms with Crippen LogP contribution in [0.15, 0.2) is 24.3 Å². The van der Waals surface area contributed by atoms with Gasteiger partial charge in [-0.3, -0.25) is 9.59 Å². The largest absolute Gasteiger partial charge is 0.390 e. The van der Waals surface area contributed by atoms with E-state index in [0.29, 0.717) is 30.6 Å². The van der Waals surface area contributed by atoms with E-state index in [1.165, 1.54) is 11.8 Å². The molecule has 2 aliphatic heterocycles. The zero-order valence-corrected chi connectivity index (χ0v) is 11.7. The number of fused-ring (bicyclic) bond motifs is 1. The molecule has 0 spiro atoms. The number of benzene rings is 1. The molecule has 0 saturated carbocycles. The lowest BCUT2D eigenvalue weighted by atomic mass is 10.00. The minimum absolute atomic E-state index is 0.0755. The number of carbonyl (C=O) groups is 3. The first-order valence-electron chi connectivity index (χ1n) is 6.94. The van der Waals surface area contributed by atoms with Crippen LogP contribution in [0.25, 0.3) is 0 Å². The summed E-state index contributed by atoms with van der Waals surface area (Å²) in [5.74, 6) is -0.476. The lowest BCUT2D eigenvalue weighted by Crippen LogP contribution is -2.48. The minimum atomic E-state index is -0.809. The van der Waals surface area contributed by atoms with Crippen LogP contribution in [0.3, 0.4) is 0 Å². The Kier molecular flexibility index (Phi) is 3.25. The van der Waals surface area contributed by atoms with Crippen molar-refractivity contribution in [2.75, 3.05) is 11.4 Å². The summed E-state index contributed by atoms with van der Waals surface area (Å²) < 4.78 is 0. The number of hydrogen-bond acceptors (Lipinski definition) is 4. The van der Waals surface area contributed by atoms with Gasteiger partial charge in [-0.2, -0.15) is 0 Å². The van der Waals surface area contributed by atoms with Crippen molar-refractivity contribution in [3.8, 4) is 0 Å². The monoisotopic (exact) mass is 288 g/mol. The number of aliphatic hydroxyl groups is 1. The van der Waals surface area contributed by atoms with Crippen LogP contribution in [0, 0.1) is 0 Å². The molecule has 110 valence electrons. The number of anilines is 1. The fourth-order valence-corrected chi connectivity index (χ4v) is 2.93. The van der Waals surface area contributed by atoms with Gasteiger partial charge >= 0.3 is 6.03 Å². The van der Waals surface area contributed by atoms with Gasteiger partial charge in [-0.05, 0) is 44.0 Å². The highest BCUT2D eigenvalue weighted by Crippen LogP contribution is 2.31. The molecule has 3 amide bonds. The van der Waals surface area contributed by atoms with Crippen LogP contribution >= 0.6 is 0 Å². The van der Waals surface area contributed by atoms with Crippen LogP contribution < -0.4 is 4.90 Å². The first kappa shape index (κ1) is 13.8. The number of carbonyl (C=O) groups excluding carboxylic acids is 3. The Morgan fingerprint density at radius 2 is 1.90 bits per heavy atom. The molecule has 1 aromatic rings. The Hall–Kier alpha value is -2.21. The molecular formula is C15H16N2O4. The number of imide groups is 1. The van der Waals surface area contributed by atoms with Crippen molar-refractivity contribution in [1.82, 2.24) is 4.90 Å². The Morgan fingerprint density at radius 1 is 1.24 bits per heavy atom. The van der Waals surface area contributed by atoms with Gasteiger partial charge < -0.3 is 10.0 Å². The van der Waals surface area contributed by atoms with Crippen molar-refractivity contribution in [2.45, 2.75) is 31.9 Å². The fourth-order valence-electron chi connectivity index (χ4n) is 2.93. The molecule has 0 bridgehead atoms. The summed E-state index contributed by atoms with van der Waals surface area (Å²) in [5, 5.41) is 9.96. The topological polar surface area (TPSA) is 77.9 Å². The molecule has 2 saturated heterocycles. The molecule has 3 rings (SSSR count). The predicted octanol–water partition coefficient (Wildman–Crippen LogP) is 1.18. The molecule has 0 aliphatic carbocycles. The number of rotatable bonds is 2. The Labute approximate surface area is 122 Å². The van der Waals surface area contributed by atoms with Gasteiger partial charge in [-0.25, -0.2) is 9.69 Å². The van der Waals surface area contributed by atoms with E-state index in [9.17, 15) is 19.5 Å². The van der Waals surface area contributed by atoms with E-state index < -0.39 is 24.1 Å². The van der Waals surface area contributed by atoms with Crippen molar-refractivity contribution in [3.63, 3.8) is 0 Å². The van der Waals surface area contributed by atoms with E-state index in [4.69, 9.17) is 0 Å². The lowest BCUT2D eigenvalue weighted by Gasteiger charge is -2.30. The van der Waals surface area contributed by atoms with E-state index in [2.05, 4.69) is 0 Å². The molecule has 2 fully saturated rings. The Balaban J connectivity index is 1.93. The van der Waals surface area contributed by atoms with Crippen molar-refractivity contribution >= 4 is 23.4 Å². The third-order valence-electron chi connectivity index (χ3n) is 4.04. The van der Waals surface area contributed by atoms with Gasteiger partial charge in [0, 0.05) is 12.1 Å². The standard InChI is InChI=1S/C15H16N2O4/c1-9(18)10-4-6-11(7-5-10)17-14(20)13-12(19)3-2-8-16(13)15(17)21/h4-7,12-13,19H,2-3,8H2,1H3/t12-,13+/m1/s1. The number of amides is 3. The zero-order valence-electron chi connectivity index (χ0n) is 11.7. The first-order chi connectivity index (χ1) is 10.0. The highest BCUT2D eigenvalue weighted by atomic mass is 16.3. The fraction of sp³-hybridized carbons (Fsp3) is 0.400. The molecule has 21 heavy (non-hydrogen) atoms. The summed E-state index contributed by atoms with van der Waals surface area (Å²) in [4.78, 5) is 38.6. The molecular weight excluding hydrogens is 272 g/mol. The number of nitrogens with zero attached hydrogens (tertiary/aromatic N) is 2. The summed E-state index contributed by atoms with van der Waals surface area (Å²) in [6.07, 6.45) is 0.405. The summed E-state index contributed by atoms with van der Waals surface area (Å²) in [7, 11) is 0. The molecule has 0 aromatic heterocycles. The average Bonchev–Trinajstić information content (AvgIpc) is 2.72. The summed E-state index contributed by atoms with van der Waals surface area (Å²) >= 11 is 0. The quantitative estimate of drug-likeness (QED) is 0.655. The van der Waals surface area contributed by atoms with Gasteiger partial charge in [0.1, 0.15) is 6.04 Å². The maximum Gasteiger partial charge on any atom is 0.332 e. The van der Waals surface area contributed by atoms with Crippen LogP contribution in [0.1, 0.15) is 30.1 Å². The molecule has 6 nitrogen and oxygen atoms in total. The predicted molar refractivity (Wildman–Crippen MR) is 75.1 cm³/mol. The van der Waals surface area contributed by atoms with E-state index in [1.807, 2.05) is 0 Å². The minimum Gasteiger partial charge on any atom is -0.390 e. The van der Waals surface area contributed by atoms with Gasteiger partial charge in [-0.1, -0.05) is 0 Å².